The fraction of sp³-hybridized carbons (Fsp3) is 0.500. The monoisotopic (exact) mass is 174 g/mol. The zero-order valence-electron chi connectivity index (χ0n) is 6.81. The second kappa shape index (κ2) is 5.93. The second-order valence-corrected chi connectivity index (χ2v) is 4.16. The Kier molecular flexibility index (Phi) is 6.03. The minimum absolute atomic E-state index is 1.14. The zero-order chi connectivity index (χ0) is 7.98. The summed E-state index contributed by atoms with van der Waals surface area (Å²) in [6.07, 6.45) is 4.01. The molecule has 0 N–H and O–H groups in total. The van der Waals surface area contributed by atoms with Crippen molar-refractivity contribution in [3.63, 3.8) is 0 Å². The fourth-order valence-corrected chi connectivity index (χ4v) is 2.35. The largest absolute Gasteiger partial charge is 0.122 e. The summed E-state index contributed by atoms with van der Waals surface area (Å²) in [5, 5.41) is 0. The van der Waals surface area contributed by atoms with Crippen LogP contribution in [-0.2, 0) is 0 Å². The number of hydrogen-bond donors (Lipinski definition) is 0. The third-order valence-electron chi connectivity index (χ3n) is 1.09. The first kappa shape index (κ1) is 10.2. The highest BCUT2D eigenvalue weighted by molar-refractivity contribution is 8.22. The summed E-state index contributed by atoms with van der Waals surface area (Å²) in [7, 11) is 0. The van der Waals surface area contributed by atoms with Crippen LogP contribution in [0.4, 0.5) is 0 Å². The summed E-state index contributed by atoms with van der Waals surface area (Å²) in [5.74, 6) is 1.14. The van der Waals surface area contributed by atoms with Gasteiger partial charge in [-0.2, -0.15) is 0 Å². The lowest BCUT2D eigenvalue weighted by Crippen LogP contribution is -1.75. The predicted molar refractivity (Wildman–Crippen MR) is 54.5 cm³/mol. The molecule has 10 heavy (non-hydrogen) atoms. The van der Waals surface area contributed by atoms with Crippen LogP contribution in [0.2, 0.25) is 0 Å². The van der Waals surface area contributed by atoms with E-state index in [4.69, 9.17) is 0 Å². The summed E-state index contributed by atoms with van der Waals surface area (Å²) in [5.41, 5.74) is 1.29. The zero-order valence-corrected chi connectivity index (χ0v) is 8.44. The molecule has 0 aromatic heterocycles. The summed E-state index contributed by atoms with van der Waals surface area (Å²) >= 11 is 3.68. The van der Waals surface area contributed by atoms with Crippen LogP contribution in [0.15, 0.2) is 22.5 Å². The highest BCUT2D eigenvalue weighted by Gasteiger charge is 1.96. The van der Waals surface area contributed by atoms with Crippen LogP contribution in [-0.4, -0.2) is 12.0 Å². The van der Waals surface area contributed by atoms with Gasteiger partial charge < -0.3 is 0 Å². The molecule has 0 aliphatic carbocycles. The van der Waals surface area contributed by atoms with E-state index in [0.29, 0.717) is 0 Å². The highest BCUT2D eigenvalue weighted by Crippen LogP contribution is 2.29. The Morgan fingerprint density at radius 3 is 2.50 bits per heavy atom. The number of allylic oxidation sites excluding steroid dienone is 2. The van der Waals surface area contributed by atoms with Gasteiger partial charge in [0.1, 0.15) is 0 Å². The highest BCUT2D eigenvalue weighted by atomic mass is 32.2. The number of thioether (sulfide) groups is 2. The molecule has 0 nitrogen and oxygen atoms in total. The van der Waals surface area contributed by atoms with Crippen LogP contribution >= 0.6 is 23.5 Å². The molecule has 0 aliphatic heterocycles. The van der Waals surface area contributed by atoms with Crippen LogP contribution in [0.3, 0.4) is 0 Å². The minimum Gasteiger partial charge on any atom is -0.122 e. The van der Waals surface area contributed by atoms with Crippen LogP contribution in [0, 0.1) is 0 Å². The molecular weight excluding hydrogens is 160 g/mol. The normalized spacial score (nSPS) is 12.7. The average molecular weight is 174 g/mol. The van der Waals surface area contributed by atoms with Gasteiger partial charge in [-0.15, -0.1) is 23.5 Å². The van der Waals surface area contributed by atoms with Gasteiger partial charge in [-0.3, -0.25) is 0 Å². The van der Waals surface area contributed by atoms with Gasteiger partial charge in [0, 0.05) is 4.24 Å². The van der Waals surface area contributed by atoms with Gasteiger partial charge in [0.25, 0.3) is 0 Å². The molecule has 0 aliphatic rings. The topological polar surface area (TPSA) is 0 Å². The van der Waals surface area contributed by atoms with E-state index in [2.05, 4.69) is 26.7 Å². The molecule has 0 aromatic rings. The van der Waals surface area contributed by atoms with E-state index in [1.807, 2.05) is 17.8 Å². The molecule has 0 aromatic carbocycles. The first-order chi connectivity index (χ1) is 4.76. The van der Waals surface area contributed by atoms with Crippen molar-refractivity contribution in [2.45, 2.75) is 13.8 Å². The third kappa shape index (κ3) is 3.37. The maximum Gasteiger partial charge on any atom is 0.0427 e. The van der Waals surface area contributed by atoms with Crippen molar-refractivity contribution in [2.24, 2.45) is 0 Å². The van der Waals surface area contributed by atoms with E-state index in [0.717, 1.165) is 5.75 Å². The SMILES string of the molecule is C=C/C(C)=C(/SC)SCC. The predicted octanol–water partition coefficient (Wildman–Crippen LogP) is 3.52. The standard InChI is InChI=1S/C8H14S2/c1-5-7(3)8(9-4)10-6-2/h5H,1,6H2,2-4H3/b8-7-. The molecule has 0 saturated heterocycles. The first-order valence-electron chi connectivity index (χ1n) is 3.26. The van der Waals surface area contributed by atoms with Gasteiger partial charge in [0.2, 0.25) is 0 Å². The van der Waals surface area contributed by atoms with Gasteiger partial charge >= 0.3 is 0 Å². The van der Waals surface area contributed by atoms with E-state index in [1.165, 1.54) is 9.81 Å². The third-order valence-corrected chi connectivity index (χ3v) is 3.51. The molecule has 0 unspecified atom stereocenters. The van der Waals surface area contributed by atoms with Crippen molar-refractivity contribution >= 4 is 23.5 Å². The van der Waals surface area contributed by atoms with Crippen LogP contribution in [0.1, 0.15) is 13.8 Å². The summed E-state index contributed by atoms with van der Waals surface area (Å²) in [4.78, 5) is 0. The van der Waals surface area contributed by atoms with Gasteiger partial charge in [-0.05, 0) is 24.5 Å². The molecule has 0 heterocycles. The maximum atomic E-state index is 3.73. The van der Waals surface area contributed by atoms with E-state index >= 15 is 0 Å². The Morgan fingerprint density at radius 1 is 1.60 bits per heavy atom. The molecule has 58 valence electrons. The fourth-order valence-electron chi connectivity index (χ4n) is 0.548. The smallest absolute Gasteiger partial charge is 0.0427 e. The van der Waals surface area contributed by atoms with Gasteiger partial charge in [-0.1, -0.05) is 19.6 Å². The van der Waals surface area contributed by atoms with Crippen molar-refractivity contribution in [3.05, 3.63) is 22.5 Å². The van der Waals surface area contributed by atoms with Crippen LogP contribution in [0.5, 0.6) is 0 Å². The van der Waals surface area contributed by atoms with Crippen molar-refractivity contribution < 1.29 is 0 Å². The molecule has 0 saturated carbocycles. The van der Waals surface area contributed by atoms with E-state index in [-0.39, 0.29) is 0 Å². The summed E-state index contributed by atoms with van der Waals surface area (Å²) in [6.45, 7) is 7.99. The molecule has 0 rings (SSSR count). The molecule has 0 atom stereocenters. The van der Waals surface area contributed by atoms with Crippen LogP contribution in [0.25, 0.3) is 0 Å². The van der Waals surface area contributed by atoms with Crippen molar-refractivity contribution in [1.29, 1.82) is 0 Å². The Hall–Kier alpha value is 0.180. The van der Waals surface area contributed by atoms with Crippen molar-refractivity contribution in [1.82, 2.24) is 0 Å². The van der Waals surface area contributed by atoms with E-state index < -0.39 is 0 Å². The average Bonchev–Trinajstić information content (AvgIpc) is 1.99. The Bertz CT molecular complexity index is 136. The van der Waals surface area contributed by atoms with E-state index in [9.17, 15) is 0 Å². The maximum absolute atomic E-state index is 3.73. The Balaban J connectivity index is 4.13. The van der Waals surface area contributed by atoms with Gasteiger partial charge in [0.15, 0.2) is 0 Å². The Labute approximate surface area is 72.2 Å². The Morgan fingerprint density at radius 2 is 2.20 bits per heavy atom. The molecule has 0 spiro atoms. The molecule has 0 amide bonds. The molecular formula is C8H14S2. The second-order valence-electron chi connectivity index (χ2n) is 1.81. The van der Waals surface area contributed by atoms with Crippen molar-refractivity contribution in [3.8, 4) is 0 Å². The molecule has 0 fully saturated rings. The first-order valence-corrected chi connectivity index (χ1v) is 5.47. The van der Waals surface area contributed by atoms with Crippen molar-refractivity contribution in [2.75, 3.05) is 12.0 Å². The molecule has 0 radical (unpaired) electrons. The summed E-state index contributed by atoms with van der Waals surface area (Å²) < 4.78 is 1.39. The molecule has 2 heteroatoms. The van der Waals surface area contributed by atoms with Gasteiger partial charge in [-0.25, -0.2) is 0 Å². The minimum atomic E-state index is 1.14. The number of hydrogen-bond acceptors (Lipinski definition) is 2. The van der Waals surface area contributed by atoms with Gasteiger partial charge in [0.05, 0.1) is 0 Å². The summed E-state index contributed by atoms with van der Waals surface area (Å²) in [6, 6.07) is 0. The lowest BCUT2D eigenvalue weighted by molar-refractivity contribution is 1.52. The number of rotatable bonds is 4. The lowest BCUT2D eigenvalue weighted by atomic mass is 10.4. The lowest BCUT2D eigenvalue weighted by Gasteiger charge is -2.02. The van der Waals surface area contributed by atoms with Crippen LogP contribution < -0.4 is 0 Å². The van der Waals surface area contributed by atoms with E-state index in [1.54, 1.807) is 11.8 Å². The quantitative estimate of drug-likeness (QED) is 0.598. The molecule has 0 bridgehead atoms.